The molecule has 1 unspecified atom stereocenters. The fraction of sp³-hybridized carbons (Fsp3) is 0.714. The van der Waals surface area contributed by atoms with Crippen LogP contribution in [0.15, 0.2) is 12.4 Å². The molecule has 0 aromatic carbocycles. The quantitative estimate of drug-likeness (QED) is 0.743. The molecule has 2 amide bonds. The van der Waals surface area contributed by atoms with Crippen LogP contribution >= 0.6 is 0 Å². The number of amides is 2. The first kappa shape index (κ1) is 14.8. The Kier molecular flexibility index (Phi) is 4.32. The van der Waals surface area contributed by atoms with Crippen LogP contribution in [-0.4, -0.2) is 33.1 Å². The lowest BCUT2D eigenvalue weighted by molar-refractivity contribution is 0.159. The van der Waals surface area contributed by atoms with Crippen LogP contribution < -0.4 is 10.6 Å². The Labute approximate surface area is 119 Å². The summed E-state index contributed by atoms with van der Waals surface area (Å²) in [6.45, 7) is 6.89. The van der Waals surface area contributed by atoms with Crippen molar-refractivity contribution in [1.29, 1.82) is 0 Å². The number of carbonyl (C=O) groups excluding carboxylic acids is 1. The maximum Gasteiger partial charge on any atom is 0.319 e. The summed E-state index contributed by atoms with van der Waals surface area (Å²) in [6.07, 6.45) is 5.57. The summed E-state index contributed by atoms with van der Waals surface area (Å²) in [6, 6.07) is -0.294. The molecule has 0 saturated heterocycles. The van der Waals surface area contributed by atoms with E-state index in [1.807, 2.05) is 17.8 Å². The summed E-state index contributed by atoms with van der Waals surface area (Å²) in [5.74, 6) is 0.881. The predicted molar refractivity (Wildman–Crippen MR) is 77.4 cm³/mol. The van der Waals surface area contributed by atoms with Crippen LogP contribution in [-0.2, 0) is 6.54 Å². The Morgan fingerprint density at radius 3 is 2.85 bits per heavy atom. The van der Waals surface area contributed by atoms with Crippen LogP contribution in [0.1, 0.15) is 33.6 Å². The van der Waals surface area contributed by atoms with Gasteiger partial charge in [-0.2, -0.15) is 5.10 Å². The van der Waals surface area contributed by atoms with Crippen molar-refractivity contribution in [1.82, 2.24) is 15.1 Å². The van der Waals surface area contributed by atoms with Gasteiger partial charge in [-0.3, -0.25) is 4.68 Å². The summed E-state index contributed by atoms with van der Waals surface area (Å²) >= 11 is 0. The second-order valence-electron chi connectivity index (χ2n) is 6.27. The summed E-state index contributed by atoms with van der Waals surface area (Å²) in [4.78, 5) is 12.0. The molecule has 1 aromatic rings. The van der Waals surface area contributed by atoms with Gasteiger partial charge in [-0.25, -0.2) is 4.79 Å². The van der Waals surface area contributed by atoms with Crippen LogP contribution in [0.25, 0.3) is 0 Å². The lowest BCUT2D eigenvalue weighted by Crippen LogP contribution is -2.52. The van der Waals surface area contributed by atoms with Gasteiger partial charge in [-0.05, 0) is 31.6 Å². The molecule has 2 rings (SSSR count). The molecule has 0 aliphatic heterocycles. The van der Waals surface area contributed by atoms with E-state index >= 15 is 0 Å². The Balaban J connectivity index is 1.89. The molecule has 0 radical (unpaired) electrons. The minimum absolute atomic E-state index is 0.0440. The molecule has 1 aliphatic rings. The van der Waals surface area contributed by atoms with Crippen LogP contribution in [0.4, 0.5) is 10.5 Å². The van der Waals surface area contributed by atoms with Crippen molar-refractivity contribution in [2.45, 2.75) is 45.7 Å². The zero-order valence-corrected chi connectivity index (χ0v) is 12.4. The number of aliphatic hydroxyl groups excluding tert-OH is 1. The molecule has 1 aliphatic carbocycles. The van der Waals surface area contributed by atoms with E-state index in [1.165, 1.54) is 0 Å². The zero-order valence-electron chi connectivity index (χ0n) is 12.4. The van der Waals surface area contributed by atoms with Gasteiger partial charge in [-0.1, -0.05) is 13.8 Å². The molecule has 0 bridgehead atoms. The number of aromatic nitrogens is 2. The maximum absolute atomic E-state index is 12.0. The second-order valence-corrected chi connectivity index (χ2v) is 6.27. The average Bonchev–Trinajstić information content (AvgIpc) is 3.13. The highest BCUT2D eigenvalue weighted by Gasteiger charge is 2.42. The summed E-state index contributed by atoms with van der Waals surface area (Å²) in [5.41, 5.74) is 0.136. The van der Waals surface area contributed by atoms with E-state index in [2.05, 4.69) is 29.6 Å². The van der Waals surface area contributed by atoms with Crippen molar-refractivity contribution in [2.24, 2.45) is 11.8 Å². The Morgan fingerprint density at radius 2 is 2.30 bits per heavy atom. The fourth-order valence-electron chi connectivity index (χ4n) is 2.31. The number of urea groups is 1. The van der Waals surface area contributed by atoms with Gasteiger partial charge in [-0.15, -0.1) is 0 Å². The lowest BCUT2D eigenvalue weighted by atomic mass is 9.97. The van der Waals surface area contributed by atoms with E-state index in [1.54, 1.807) is 6.20 Å². The van der Waals surface area contributed by atoms with Crippen molar-refractivity contribution in [2.75, 3.05) is 11.9 Å². The first-order chi connectivity index (χ1) is 9.43. The third-order valence-electron chi connectivity index (χ3n) is 3.65. The molecule has 112 valence electrons. The molecule has 3 N–H and O–H groups in total. The van der Waals surface area contributed by atoms with Gasteiger partial charge < -0.3 is 15.7 Å². The highest BCUT2D eigenvalue weighted by molar-refractivity contribution is 5.89. The lowest BCUT2D eigenvalue weighted by Gasteiger charge is -2.28. The minimum atomic E-state index is -0.530. The van der Waals surface area contributed by atoms with Crippen molar-refractivity contribution >= 4 is 11.7 Å². The summed E-state index contributed by atoms with van der Waals surface area (Å²) < 4.78 is 1.81. The minimum Gasteiger partial charge on any atom is -0.394 e. The van der Waals surface area contributed by atoms with Gasteiger partial charge in [0, 0.05) is 12.7 Å². The second kappa shape index (κ2) is 5.83. The summed E-state index contributed by atoms with van der Waals surface area (Å²) in [7, 11) is 0. The molecule has 6 heteroatoms. The SMILES string of the molecule is CC(C)Cn1cc(NC(=O)NC(C)(CO)C2CC2)cn1. The van der Waals surface area contributed by atoms with Gasteiger partial charge in [0.2, 0.25) is 0 Å². The first-order valence-electron chi connectivity index (χ1n) is 7.15. The highest BCUT2D eigenvalue weighted by Crippen LogP contribution is 2.39. The zero-order chi connectivity index (χ0) is 14.8. The smallest absolute Gasteiger partial charge is 0.319 e. The number of nitrogens with zero attached hydrogens (tertiary/aromatic N) is 2. The monoisotopic (exact) mass is 280 g/mol. The predicted octanol–water partition coefficient (Wildman–Crippen LogP) is 1.82. The third-order valence-corrected chi connectivity index (χ3v) is 3.65. The van der Waals surface area contributed by atoms with Crippen molar-refractivity contribution < 1.29 is 9.90 Å². The van der Waals surface area contributed by atoms with Crippen LogP contribution in [0.2, 0.25) is 0 Å². The molecule has 1 fully saturated rings. The Bertz CT molecular complexity index is 467. The van der Waals surface area contributed by atoms with E-state index < -0.39 is 5.54 Å². The van der Waals surface area contributed by atoms with E-state index in [4.69, 9.17) is 0 Å². The van der Waals surface area contributed by atoms with Crippen molar-refractivity contribution in [3.05, 3.63) is 12.4 Å². The number of hydrogen-bond donors (Lipinski definition) is 3. The van der Waals surface area contributed by atoms with Crippen LogP contribution in [0.3, 0.4) is 0 Å². The Morgan fingerprint density at radius 1 is 1.60 bits per heavy atom. The maximum atomic E-state index is 12.0. The van der Waals surface area contributed by atoms with E-state index in [0.717, 1.165) is 19.4 Å². The number of anilines is 1. The molecular weight excluding hydrogens is 256 g/mol. The van der Waals surface area contributed by atoms with E-state index in [0.29, 0.717) is 17.5 Å². The molecule has 1 saturated carbocycles. The molecule has 6 nitrogen and oxygen atoms in total. The molecule has 1 atom stereocenters. The number of hydrogen-bond acceptors (Lipinski definition) is 3. The summed E-state index contributed by atoms with van der Waals surface area (Å²) in [5, 5.41) is 19.3. The number of aliphatic hydroxyl groups is 1. The largest absolute Gasteiger partial charge is 0.394 e. The molecule has 20 heavy (non-hydrogen) atoms. The van der Waals surface area contributed by atoms with Crippen molar-refractivity contribution in [3.63, 3.8) is 0 Å². The van der Waals surface area contributed by atoms with Crippen molar-refractivity contribution in [3.8, 4) is 0 Å². The fourth-order valence-corrected chi connectivity index (χ4v) is 2.31. The topological polar surface area (TPSA) is 79.2 Å². The van der Waals surface area contributed by atoms with Gasteiger partial charge in [0.25, 0.3) is 0 Å². The van der Waals surface area contributed by atoms with Gasteiger partial charge in [0.15, 0.2) is 0 Å². The molecule has 1 heterocycles. The first-order valence-corrected chi connectivity index (χ1v) is 7.15. The Hall–Kier alpha value is -1.56. The number of carbonyl (C=O) groups is 1. The number of rotatable bonds is 6. The molecular formula is C14H24N4O2. The average molecular weight is 280 g/mol. The molecule has 0 spiro atoms. The van der Waals surface area contributed by atoms with Gasteiger partial charge >= 0.3 is 6.03 Å². The van der Waals surface area contributed by atoms with Gasteiger partial charge in [0.1, 0.15) is 0 Å². The highest BCUT2D eigenvalue weighted by atomic mass is 16.3. The third kappa shape index (κ3) is 3.72. The van der Waals surface area contributed by atoms with Crippen LogP contribution in [0, 0.1) is 11.8 Å². The van der Waals surface area contributed by atoms with E-state index in [-0.39, 0.29) is 12.6 Å². The standard InChI is InChI=1S/C14H24N4O2/c1-10(2)7-18-8-12(6-15-18)16-13(20)17-14(3,9-19)11-4-5-11/h6,8,10-11,19H,4-5,7,9H2,1-3H3,(H2,16,17,20). The molecule has 1 aromatic heterocycles. The van der Waals surface area contributed by atoms with Crippen LogP contribution in [0.5, 0.6) is 0 Å². The number of nitrogens with one attached hydrogen (secondary N) is 2. The normalized spacial score (nSPS) is 17.9. The van der Waals surface area contributed by atoms with Gasteiger partial charge in [0.05, 0.1) is 24.0 Å². The van der Waals surface area contributed by atoms with E-state index in [9.17, 15) is 9.90 Å².